The summed E-state index contributed by atoms with van der Waals surface area (Å²) in [6.45, 7) is 5.60. The number of hydrogen-bond donors (Lipinski definition) is 2. The predicted octanol–water partition coefficient (Wildman–Crippen LogP) is 3.55. The molecule has 5 rings (SSSR count). The number of rotatable bonds is 8. The average Bonchev–Trinajstić information content (AvgIpc) is 2.88. The highest BCUT2D eigenvalue weighted by molar-refractivity contribution is 5.83. The number of ether oxygens (including phenoxy) is 3. The number of hydrogen-bond acceptors (Lipinski definition) is 7. The summed E-state index contributed by atoms with van der Waals surface area (Å²) >= 11 is 0. The molecule has 0 saturated carbocycles. The van der Waals surface area contributed by atoms with Gasteiger partial charge in [0.1, 0.15) is 19.0 Å². The minimum absolute atomic E-state index is 0.562. The van der Waals surface area contributed by atoms with Gasteiger partial charge in [0.05, 0.1) is 18.7 Å². The van der Waals surface area contributed by atoms with Gasteiger partial charge in [0.15, 0.2) is 11.5 Å². The zero-order chi connectivity index (χ0) is 23.3. The fourth-order valence-electron chi connectivity index (χ4n) is 5.01. The van der Waals surface area contributed by atoms with Crippen LogP contribution in [0.3, 0.4) is 0 Å². The van der Waals surface area contributed by atoms with E-state index >= 15 is 0 Å². The maximum atomic E-state index is 11.1. The number of nitrogens with zero attached hydrogens (tertiary/aromatic N) is 2. The Balaban J connectivity index is 1.15. The monoisotopic (exact) mass is 463 g/mol. The molecule has 1 aromatic heterocycles. The molecule has 2 aliphatic heterocycles. The molecule has 3 heterocycles. The van der Waals surface area contributed by atoms with E-state index in [9.17, 15) is 5.11 Å². The van der Waals surface area contributed by atoms with E-state index in [1.54, 1.807) is 13.3 Å². The molecule has 2 N–H and O–H groups in total. The Morgan fingerprint density at radius 2 is 2.03 bits per heavy atom. The number of fused-ring (bicyclic) bond motifs is 2. The number of aliphatic hydroxyl groups excluding tert-OH is 1. The van der Waals surface area contributed by atoms with Crippen molar-refractivity contribution in [1.29, 1.82) is 0 Å². The number of aromatic nitrogens is 1. The molecule has 0 spiro atoms. The lowest BCUT2D eigenvalue weighted by molar-refractivity contribution is 0.0849. The quantitative estimate of drug-likeness (QED) is 0.529. The first kappa shape index (κ1) is 22.9. The molecule has 34 heavy (non-hydrogen) atoms. The number of methoxy groups -OCH3 is 1. The largest absolute Gasteiger partial charge is 0.497 e. The van der Waals surface area contributed by atoms with E-state index in [0.29, 0.717) is 25.7 Å². The number of benzene rings is 2. The van der Waals surface area contributed by atoms with Gasteiger partial charge in [0.2, 0.25) is 0 Å². The molecule has 2 atom stereocenters. The SMILES string of the molecule is COc1ccc2nccc(C(O)CN3CCCC(CNCc4ccc5c(c4)OCCO5)C3)c2c1. The number of piperidine rings is 1. The normalized spacial score (nSPS) is 19.2. The van der Waals surface area contributed by atoms with E-state index < -0.39 is 6.10 Å². The highest BCUT2D eigenvalue weighted by Gasteiger charge is 2.23. The number of β-amino-alcohol motifs (C(OH)–C–C–N with tert-alkyl or cyclic N) is 1. The molecule has 2 aromatic carbocycles. The molecule has 7 nitrogen and oxygen atoms in total. The van der Waals surface area contributed by atoms with Crippen LogP contribution in [-0.4, -0.2) is 61.5 Å². The molecule has 7 heteroatoms. The molecule has 0 aliphatic carbocycles. The van der Waals surface area contributed by atoms with Gasteiger partial charge in [-0.25, -0.2) is 0 Å². The van der Waals surface area contributed by atoms with Crippen molar-refractivity contribution in [2.75, 3.05) is 46.5 Å². The molecule has 0 amide bonds. The van der Waals surface area contributed by atoms with Crippen LogP contribution < -0.4 is 19.5 Å². The van der Waals surface area contributed by atoms with Crippen LogP contribution in [0, 0.1) is 5.92 Å². The van der Waals surface area contributed by atoms with Crippen molar-refractivity contribution in [2.45, 2.75) is 25.5 Å². The summed E-state index contributed by atoms with van der Waals surface area (Å²) in [5.74, 6) is 3.00. The average molecular weight is 464 g/mol. The van der Waals surface area contributed by atoms with Crippen molar-refractivity contribution in [3.05, 3.63) is 59.8 Å². The van der Waals surface area contributed by atoms with Crippen LogP contribution in [0.15, 0.2) is 48.7 Å². The summed E-state index contributed by atoms with van der Waals surface area (Å²) in [5, 5.41) is 15.7. The summed E-state index contributed by atoms with van der Waals surface area (Å²) in [4.78, 5) is 6.82. The van der Waals surface area contributed by atoms with Crippen LogP contribution in [0.5, 0.6) is 17.2 Å². The Bertz CT molecular complexity index is 1120. The minimum Gasteiger partial charge on any atom is -0.497 e. The van der Waals surface area contributed by atoms with Gasteiger partial charge in [-0.1, -0.05) is 6.07 Å². The van der Waals surface area contributed by atoms with Crippen LogP contribution in [0.4, 0.5) is 0 Å². The number of likely N-dealkylation sites (tertiary alicyclic amines) is 1. The maximum absolute atomic E-state index is 11.1. The van der Waals surface area contributed by atoms with Crippen molar-refractivity contribution in [2.24, 2.45) is 5.92 Å². The zero-order valence-corrected chi connectivity index (χ0v) is 19.7. The van der Waals surface area contributed by atoms with Crippen molar-refractivity contribution in [1.82, 2.24) is 15.2 Å². The lowest BCUT2D eigenvalue weighted by Crippen LogP contribution is -2.41. The van der Waals surface area contributed by atoms with Crippen LogP contribution in [0.25, 0.3) is 10.9 Å². The van der Waals surface area contributed by atoms with Crippen LogP contribution in [-0.2, 0) is 6.54 Å². The second kappa shape index (κ2) is 10.6. The van der Waals surface area contributed by atoms with Gasteiger partial charge in [-0.3, -0.25) is 4.98 Å². The summed E-state index contributed by atoms with van der Waals surface area (Å²) < 4.78 is 16.7. The Labute approximate surface area is 200 Å². The lowest BCUT2D eigenvalue weighted by atomic mass is 9.96. The second-order valence-electron chi connectivity index (χ2n) is 9.18. The molecular weight excluding hydrogens is 430 g/mol. The molecule has 2 unspecified atom stereocenters. The van der Waals surface area contributed by atoms with E-state index in [1.807, 2.05) is 30.3 Å². The molecule has 0 radical (unpaired) electrons. The molecule has 0 bridgehead atoms. The van der Waals surface area contributed by atoms with E-state index in [0.717, 1.165) is 66.3 Å². The van der Waals surface area contributed by atoms with Crippen molar-refractivity contribution in [3.63, 3.8) is 0 Å². The van der Waals surface area contributed by atoms with Gasteiger partial charge < -0.3 is 29.5 Å². The third kappa shape index (κ3) is 5.27. The molecule has 1 saturated heterocycles. The first-order valence-corrected chi connectivity index (χ1v) is 12.1. The third-order valence-electron chi connectivity index (χ3n) is 6.74. The highest BCUT2D eigenvalue weighted by Crippen LogP contribution is 2.31. The van der Waals surface area contributed by atoms with Gasteiger partial charge >= 0.3 is 0 Å². The van der Waals surface area contributed by atoms with Gasteiger partial charge in [0.25, 0.3) is 0 Å². The first-order valence-electron chi connectivity index (χ1n) is 12.1. The van der Waals surface area contributed by atoms with Crippen molar-refractivity contribution < 1.29 is 19.3 Å². The topological polar surface area (TPSA) is 76.1 Å². The predicted molar refractivity (Wildman–Crippen MR) is 132 cm³/mol. The van der Waals surface area contributed by atoms with Crippen LogP contribution in [0.1, 0.15) is 30.1 Å². The minimum atomic E-state index is -0.568. The Hall–Kier alpha value is -2.87. The summed E-state index contributed by atoms with van der Waals surface area (Å²) in [7, 11) is 1.66. The third-order valence-corrected chi connectivity index (χ3v) is 6.74. The smallest absolute Gasteiger partial charge is 0.161 e. The molecule has 1 fully saturated rings. The maximum Gasteiger partial charge on any atom is 0.161 e. The molecule has 180 valence electrons. The summed E-state index contributed by atoms with van der Waals surface area (Å²) in [6, 6.07) is 13.9. The van der Waals surface area contributed by atoms with Crippen LogP contribution in [0.2, 0.25) is 0 Å². The van der Waals surface area contributed by atoms with E-state index in [-0.39, 0.29) is 0 Å². The fourth-order valence-corrected chi connectivity index (χ4v) is 5.01. The Kier molecular flexibility index (Phi) is 7.13. The number of pyridine rings is 1. The molecular formula is C27H33N3O4. The molecule has 3 aromatic rings. The van der Waals surface area contributed by atoms with Crippen LogP contribution >= 0.6 is 0 Å². The van der Waals surface area contributed by atoms with Crippen molar-refractivity contribution >= 4 is 10.9 Å². The second-order valence-corrected chi connectivity index (χ2v) is 9.18. The Morgan fingerprint density at radius 3 is 2.91 bits per heavy atom. The fraction of sp³-hybridized carbons (Fsp3) is 0.444. The summed E-state index contributed by atoms with van der Waals surface area (Å²) in [6.07, 6.45) is 3.56. The Morgan fingerprint density at radius 1 is 1.15 bits per heavy atom. The van der Waals surface area contributed by atoms with E-state index in [1.165, 1.54) is 12.0 Å². The van der Waals surface area contributed by atoms with Gasteiger partial charge in [-0.15, -0.1) is 0 Å². The van der Waals surface area contributed by atoms with Gasteiger partial charge in [0, 0.05) is 31.2 Å². The lowest BCUT2D eigenvalue weighted by Gasteiger charge is -2.34. The van der Waals surface area contributed by atoms with Gasteiger partial charge in [-0.05, 0) is 79.4 Å². The van der Waals surface area contributed by atoms with Gasteiger partial charge in [-0.2, -0.15) is 0 Å². The molecule has 2 aliphatic rings. The first-order chi connectivity index (χ1) is 16.7. The van der Waals surface area contributed by atoms with Crippen molar-refractivity contribution in [3.8, 4) is 17.2 Å². The van der Waals surface area contributed by atoms with E-state index in [4.69, 9.17) is 14.2 Å². The number of aliphatic hydroxyl groups is 1. The highest BCUT2D eigenvalue weighted by atomic mass is 16.6. The summed E-state index contributed by atoms with van der Waals surface area (Å²) in [5.41, 5.74) is 2.98. The van der Waals surface area contributed by atoms with E-state index in [2.05, 4.69) is 27.3 Å². The number of nitrogens with one attached hydrogen (secondary N) is 1. The zero-order valence-electron chi connectivity index (χ0n) is 19.7. The standard InChI is InChI=1S/C27H33N3O4/c1-32-21-5-6-24-23(14-21)22(8-9-29-24)25(31)18-30-10-2-3-20(17-30)16-28-15-19-4-7-26-27(13-19)34-12-11-33-26/h4-9,13-14,20,25,28,31H,2-3,10-12,15-18H2,1H3.